The van der Waals surface area contributed by atoms with E-state index in [-0.39, 0.29) is 11.3 Å². The SMILES string of the molecule is CC(C)(C)NC(=O)Nc1cc(N)ccc1C(=O)O. The third kappa shape index (κ3) is 3.97. The van der Waals surface area contributed by atoms with E-state index in [1.54, 1.807) is 0 Å². The zero-order valence-corrected chi connectivity index (χ0v) is 10.6. The Bertz CT molecular complexity index is 478. The van der Waals surface area contributed by atoms with Gasteiger partial charge in [0.25, 0.3) is 0 Å². The van der Waals surface area contributed by atoms with Crippen molar-refractivity contribution >= 4 is 23.4 Å². The van der Waals surface area contributed by atoms with Crippen LogP contribution in [0.5, 0.6) is 0 Å². The first-order valence-electron chi connectivity index (χ1n) is 5.41. The highest BCUT2D eigenvalue weighted by molar-refractivity contribution is 6.00. The maximum absolute atomic E-state index is 11.7. The third-order valence-corrected chi connectivity index (χ3v) is 2.01. The predicted octanol–water partition coefficient (Wildman–Crippen LogP) is 1.89. The van der Waals surface area contributed by atoms with Crippen LogP contribution in [0.4, 0.5) is 16.2 Å². The lowest BCUT2D eigenvalue weighted by Gasteiger charge is -2.21. The topological polar surface area (TPSA) is 104 Å². The van der Waals surface area contributed by atoms with E-state index in [1.165, 1.54) is 18.2 Å². The Hall–Kier alpha value is -2.24. The Morgan fingerprint density at radius 3 is 2.39 bits per heavy atom. The fourth-order valence-corrected chi connectivity index (χ4v) is 1.35. The van der Waals surface area contributed by atoms with Gasteiger partial charge in [-0.05, 0) is 39.0 Å². The summed E-state index contributed by atoms with van der Waals surface area (Å²) in [7, 11) is 0. The first-order chi connectivity index (χ1) is 8.19. The molecule has 1 rings (SSSR count). The average molecular weight is 251 g/mol. The molecule has 0 spiro atoms. The fourth-order valence-electron chi connectivity index (χ4n) is 1.35. The van der Waals surface area contributed by atoms with Gasteiger partial charge in [0.2, 0.25) is 0 Å². The number of nitrogens with two attached hydrogens (primary N) is 1. The van der Waals surface area contributed by atoms with Crippen LogP contribution in [0.25, 0.3) is 0 Å². The van der Waals surface area contributed by atoms with Gasteiger partial charge in [-0.3, -0.25) is 0 Å². The maximum atomic E-state index is 11.7. The number of aromatic carboxylic acids is 1. The number of amides is 2. The molecule has 6 nitrogen and oxygen atoms in total. The van der Waals surface area contributed by atoms with Crippen molar-refractivity contribution in [3.63, 3.8) is 0 Å². The number of hydrogen-bond donors (Lipinski definition) is 4. The lowest BCUT2D eigenvalue weighted by atomic mass is 10.1. The summed E-state index contributed by atoms with van der Waals surface area (Å²) in [5.41, 5.74) is 5.70. The number of anilines is 2. The summed E-state index contributed by atoms with van der Waals surface area (Å²) in [6.45, 7) is 5.47. The van der Waals surface area contributed by atoms with E-state index in [4.69, 9.17) is 10.8 Å². The molecular weight excluding hydrogens is 234 g/mol. The Balaban J connectivity index is 2.93. The molecule has 0 aliphatic heterocycles. The lowest BCUT2D eigenvalue weighted by Crippen LogP contribution is -2.43. The van der Waals surface area contributed by atoms with E-state index in [0.29, 0.717) is 5.69 Å². The fraction of sp³-hybridized carbons (Fsp3) is 0.333. The number of carbonyl (C=O) groups is 2. The molecule has 0 aromatic heterocycles. The minimum absolute atomic E-state index is 0.00624. The molecular formula is C12H17N3O3. The molecule has 5 N–H and O–H groups in total. The van der Waals surface area contributed by atoms with Gasteiger partial charge in [-0.1, -0.05) is 0 Å². The van der Waals surface area contributed by atoms with Gasteiger partial charge in [-0.15, -0.1) is 0 Å². The molecule has 0 aliphatic carbocycles. The highest BCUT2D eigenvalue weighted by Crippen LogP contribution is 2.19. The summed E-state index contributed by atoms with van der Waals surface area (Å²) >= 11 is 0. The molecule has 0 bridgehead atoms. The summed E-state index contributed by atoms with van der Waals surface area (Å²) in [4.78, 5) is 22.6. The molecule has 0 unspecified atom stereocenters. The molecule has 98 valence electrons. The van der Waals surface area contributed by atoms with E-state index in [2.05, 4.69) is 10.6 Å². The average Bonchev–Trinajstić information content (AvgIpc) is 2.13. The number of benzene rings is 1. The van der Waals surface area contributed by atoms with Gasteiger partial charge in [0.15, 0.2) is 0 Å². The van der Waals surface area contributed by atoms with Gasteiger partial charge in [0, 0.05) is 11.2 Å². The number of urea groups is 1. The number of hydrogen-bond acceptors (Lipinski definition) is 3. The minimum atomic E-state index is -1.12. The monoisotopic (exact) mass is 251 g/mol. The van der Waals surface area contributed by atoms with Crippen LogP contribution in [0.15, 0.2) is 18.2 Å². The smallest absolute Gasteiger partial charge is 0.337 e. The highest BCUT2D eigenvalue weighted by atomic mass is 16.4. The van der Waals surface area contributed by atoms with Gasteiger partial charge in [-0.2, -0.15) is 0 Å². The predicted molar refractivity (Wildman–Crippen MR) is 69.7 cm³/mol. The molecule has 0 fully saturated rings. The highest BCUT2D eigenvalue weighted by Gasteiger charge is 2.16. The van der Waals surface area contributed by atoms with Crippen molar-refractivity contribution in [1.29, 1.82) is 0 Å². The van der Waals surface area contributed by atoms with Crippen molar-refractivity contribution in [2.45, 2.75) is 26.3 Å². The van der Waals surface area contributed by atoms with Crippen LogP contribution in [0.3, 0.4) is 0 Å². The van der Waals surface area contributed by atoms with E-state index in [1.807, 2.05) is 20.8 Å². The summed E-state index contributed by atoms with van der Waals surface area (Å²) in [6, 6.07) is 3.75. The summed E-state index contributed by atoms with van der Waals surface area (Å²) < 4.78 is 0. The van der Waals surface area contributed by atoms with Crippen molar-refractivity contribution in [2.24, 2.45) is 0 Å². The molecule has 0 saturated heterocycles. The van der Waals surface area contributed by atoms with Crippen LogP contribution in [0, 0.1) is 0 Å². The number of nitrogen functional groups attached to an aromatic ring is 1. The molecule has 0 atom stereocenters. The molecule has 0 heterocycles. The van der Waals surface area contributed by atoms with Crippen molar-refractivity contribution in [1.82, 2.24) is 5.32 Å². The first kappa shape index (κ1) is 13.8. The molecule has 0 aliphatic rings. The number of carboxylic acids is 1. The Labute approximate surface area is 105 Å². The second kappa shape index (κ2) is 4.95. The molecule has 0 radical (unpaired) electrons. The second-order valence-electron chi connectivity index (χ2n) is 4.94. The van der Waals surface area contributed by atoms with Crippen LogP contribution in [0.2, 0.25) is 0 Å². The van der Waals surface area contributed by atoms with Gasteiger partial charge in [0.05, 0.1) is 11.3 Å². The van der Waals surface area contributed by atoms with Crippen molar-refractivity contribution in [3.05, 3.63) is 23.8 Å². The quantitative estimate of drug-likeness (QED) is 0.602. The third-order valence-electron chi connectivity index (χ3n) is 2.01. The zero-order chi connectivity index (χ0) is 13.9. The Kier molecular flexibility index (Phi) is 3.80. The minimum Gasteiger partial charge on any atom is -0.478 e. The standard InChI is InChI=1S/C12H17N3O3/c1-12(2,3)15-11(18)14-9-6-7(13)4-5-8(9)10(16)17/h4-6H,13H2,1-3H3,(H,16,17)(H2,14,15,18). The van der Waals surface area contributed by atoms with Gasteiger partial charge in [0.1, 0.15) is 0 Å². The van der Waals surface area contributed by atoms with E-state index < -0.39 is 17.5 Å². The first-order valence-corrected chi connectivity index (χ1v) is 5.41. The van der Waals surface area contributed by atoms with E-state index >= 15 is 0 Å². The van der Waals surface area contributed by atoms with Crippen molar-refractivity contribution < 1.29 is 14.7 Å². The number of rotatable bonds is 2. The molecule has 2 amide bonds. The Morgan fingerprint density at radius 2 is 1.89 bits per heavy atom. The summed E-state index contributed by atoms with van der Waals surface area (Å²) in [6.07, 6.45) is 0. The number of carbonyl (C=O) groups excluding carboxylic acids is 1. The van der Waals surface area contributed by atoms with E-state index in [9.17, 15) is 9.59 Å². The zero-order valence-electron chi connectivity index (χ0n) is 10.6. The maximum Gasteiger partial charge on any atom is 0.337 e. The summed E-state index contributed by atoms with van der Waals surface area (Å²) in [5, 5.41) is 14.1. The molecule has 1 aromatic carbocycles. The van der Waals surface area contributed by atoms with Crippen LogP contribution in [-0.4, -0.2) is 22.6 Å². The number of nitrogens with one attached hydrogen (secondary N) is 2. The largest absolute Gasteiger partial charge is 0.478 e. The Morgan fingerprint density at radius 1 is 1.28 bits per heavy atom. The normalized spacial score (nSPS) is 10.8. The van der Waals surface area contributed by atoms with Crippen LogP contribution in [-0.2, 0) is 0 Å². The summed E-state index contributed by atoms with van der Waals surface area (Å²) in [5.74, 6) is -1.12. The second-order valence-corrected chi connectivity index (χ2v) is 4.94. The van der Waals surface area contributed by atoms with Crippen molar-refractivity contribution in [2.75, 3.05) is 11.1 Å². The van der Waals surface area contributed by atoms with Crippen LogP contribution < -0.4 is 16.4 Å². The number of carboxylic acid groups (broad SMARTS) is 1. The van der Waals surface area contributed by atoms with Crippen molar-refractivity contribution in [3.8, 4) is 0 Å². The van der Waals surface area contributed by atoms with E-state index in [0.717, 1.165) is 0 Å². The molecule has 6 heteroatoms. The molecule has 1 aromatic rings. The molecule has 18 heavy (non-hydrogen) atoms. The molecule has 0 saturated carbocycles. The van der Waals surface area contributed by atoms with Crippen LogP contribution in [0.1, 0.15) is 31.1 Å². The van der Waals surface area contributed by atoms with Gasteiger partial charge >= 0.3 is 12.0 Å². The van der Waals surface area contributed by atoms with Crippen LogP contribution >= 0.6 is 0 Å². The van der Waals surface area contributed by atoms with Gasteiger partial charge < -0.3 is 21.5 Å². The van der Waals surface area contributed by atoms with Gasteiger partial charge in [-0.25, -0.2) is 9.59 Å². The lowest BCUT2D eigenvalue weighted by molar-refractivity contribution is 0.0698.